The molecule has 2 aromatic rings. The lowest BCUT2D eigenvalue weighted by Gasteiger charge is -2.54. The summed E-state index contributed by atoms with van der Waals surface area (Å²) in [4.78, 5) is 28.5. The lowest BCUT2D eigenvalue weighted by molar-refractivity contribution is -0.127. The van der Waals surface area contributed by atoms with Crippen LogP contribution in [0.1, 0.15) is 39.3 Å². The van der Waals surface area contributed by atoms with E-state index in [1.54, 1.807) is 4.90 Å². The number of anilines is 1. The van der Waals surface area contributed by atoms with Crippen LogP contribution in [0.15, 0.2) is 18.6 Å². The molecule has 7 nitrogen and oxygen atoms in total. The number of pyridine rings is 1. The maximum Gasteiger partial charge on any atom is 0.410 e. The van der Waals surface area contributed by atoms with E-state index in [4.69, 9.17) is 4.74 Å². The Bertz CT molecular complexity index is 973. The molecule has 0 N–H and O–H groups in total. The molecule has 0 aliphatic carbocycles. The fraction of sp³-hybridized carbons (Fsp3) is 0.619. The molecule has 0 radical (unpaired) electrons. The van der Waals surface area contributed by atoms with Crippen molar-refractivity contribution in [3.63, 3.8) is 0 Å². The fourth-order valence-electron chi connectivity index (χ4n) is 4.26. The van der Waals surface area contributed by atoms with E-state index in [2.05, 4.69) is 19.9 Å². The van der Waals surface area contributed by atoms with Crippen molar-refractivity contribution in [3.8, 4) is 0 Å². The fourth-order valence-corrected chi connectivity index (χ4v) is 4.26. The third-order valence-electron chi connectivity index (χ3n) is 5.77. The summed E-state index contributed by atoms with van der Waals surface area (Å²) < 4.78 is 43.8. The Morgan fingerprint density at radius 2 is 1.81 bits per heavy atom. The molecule has 0 saturated carbocycles. The standard InChI is InChI=1S/C21H26F3N5O2/c1-19(2,3)31-18(30)28-6-4-20(5-7-28)11-29(12-20)17-15-8-14(9-21(22,23)24)25-10-16(15)26-13-27-17/h8,10,13H,4-7,9,11-12H2,1-3H3. The molecule has 4 rings (SSSR count). The molecule has 0 unspecified atom stereocenters. The van der Waals surface area contributed by atoms with E-state index >= 15 is 0 Å². The van der Waals surface area contributed by atoms with Crippen LogP contribution >= 0.6 is 0 Å². The highest BCUT2D eigenvalue weighted by molar-refractivity contribution is 5.89. The largest absolute Gasteiger partial charge is 0.444 e. The molecule has 10 heteroatoms. The Hall–Kier alpha value is -2.65. The molecule has 2 aromatic heterocycles. The number of piperidine rings is 1. The molecule has 0 atom stereocenters. The van der Waals surface area contributed by atoms with Crippen LogP contribution in [0.3, 0.4) is 0 Å². The first kappa shape index (κ1) is 21.6. The van der Waals surface area contributed by atoms with Crippen molar-refractivity contribution in [2.75, 3.05) is 31.1 Å². The van der Waals surface area contributed by atoms with E-state index < -0.39 is 18.2 Å². The summed E-state index contributed by atoms with van der Waals surface area (Å²) in [5.41, 5.74) is 0.0407. The van der Waals surface area contributed by atoms with Crippen LogP contribution in [0.5, 0.6) is 0 Å². The van der Waals surface area contributed by atoms with Crippen LogP contribution in [0.25, 0.3) is 10.9 Å². The second-order valence-corrected chi connectivity index (χ2v) is 9.51. The number of amides is 1. The highest BCUT2D eigenvalue weighted by Gasteiger charge is 2.46. The van der Waals surface area contributed by atoms with Gasteiger partial charge in [-0.1, -0.05) is 0 Å². The number of rotatable bonds is 2. The molecule has 0 aromatic carbocycles. The van der Waals surface area contributed by atoms with Gasteiger partial charge in [0.05, 0.1) is 23.8 Å². The quantitative estimate of drug-likeness (QED) is 0.708. The molecule has 1 spiro atoms. The Morgan fingerprint density at radius 3 is 2.42 bits per heavy atom. The van der Waals surface area contributed by atoms with E-state index in [0.29, 0.717) is 29.8 Å². The van der Waals surface area contributed by atoms with Crippen LogP contribution < -0.4 is 4.90 Å². The summed E-state index contributed by atoms with van der Waals surface area (Å²) in [6.07, 6.45) is -1.19. The van der Waals surface area contributed by atoms with E-state index in [1.165, 1.54) is 18.6 Å². The molecule has 2 saturated heterocycles. The van der Waals surface area contributed by atoms with Crippen molar-refractivity contribution in [3.05, 3.63) is 24.3 Å². The predicted octanol–water partition coefficient (Wildman–Crippen LogP) is 3.97. The number of carbonyl (C=O) groups is 1. The first-order valence-corrected chi connectivity index (χ1v) is 10.3. The molecule has 2 fully saturated rings. The normalized spacial score (nSPS) is 18.9. The topological polar surface area (TPSA) is 71.5 Å². The number of halogens is 3. The number of hydrogen-bond acceptors (Lipinski definition) is 6. The molecule has 168 valence electrons. The SMILES string of the molecule is CC(C)(C)OC(=O)N1CCC2(CC1)CN(c1ncnc3cnc(CC(F)(F)F)cc13)C2. The summed E-state index contributed by atoms with van der Waals surface area (Å²) in [5, 5.41) is 0.581. The number of hydrogen-bond donors (Lipinski definition) is 0. The second kappa shape index (κ2) is 7.49. The Labute approximate surface area is 178 Å². The number of likely N-dealkylation sites (tertiary alicyclic amines) is 1. The van der Waals surface area contributed by atoms with Gasteiger partial charge < -0.3 is 14.5 Å². The van der Waals surface area contributed by atoms with Gasteiger partial charge in [0.15, 0.2) is 0 Å². The van der Waals surface area contributed by atoms with E-state index in [9.17, 15) is 18.0 Å². The number of fused-ring (bicyclic) bond motifs is 1. The van der Waals surface area contributed by atoms with Crippen LogP contribution in [0, 0.1) is 5.41 Å². The Morgan fingerprint density at radius 1 is 1.13 bits per heavy atom. The third kappa shape index (κ3) is 4.83. The highest BCUT2D eigenvalue weighted by atomic mass is 19.4. The Balaban J connectivity index is 1.43. The van der Waals surface area contributed by atoms with Crippen LogP contribution in [-0.2, 0) is 11.2 Å². The van der Waals surface area contributed by atoms with Crippen LogP contribution in [0.4, 0.5) is 23.8 Å². The monoisotopic (exact) mass is 437 g/mol. The number of alkyl halides is 3. The van der Waals surface area contributed by atoms with E-state index in [-0.39, 0.29) is 17.2 Å². The van der Waals surface area contributed by atoms with Crippen molar-refractivity contribution in [1.29, 1.82) is 0 Å². The molecule has 0 bridgehead atoms. The predicted molar refractivity (Wildman–Crippen MR) is 109 cm³/mol. The first-order valence-electron chi connectivity index (χ1n) is 10.3. The van der Waals surface area contributed by atoms with Crippen molar-refractivity contribution in [1.82, 2.24) is 19.9 Å². The van der Waals surface area contributed by atoms with Gasteiger partial charge in [0.1, 0.15) is 17.7 Å². The second-order valence-electron chi connectivity index (χ2n) is 9.51. The highest BCUT2D eigenvalue weighted by Crippen LogP contribution is 2.43. The maximum atomic E-state index is 12.8. The summed E-state index contributed by atoms with van der Waals surface area (Å²) in [5.74, 6) is 0.635. The number of ether oxygens (including phenoxy) is 1. The van der Waals surface area contributed by atoms with Crippen molar-refractivity contribution >= 4 is 22.8 Å². The van der Waals surface area contributed by atoms with Gasteiger partial charge in [-0.25, -0.2) is 14.8 Å². The third-order valence-corrected chi connectivity index (χ3v) is 5.77. The molecule has 1 amide bonds. The number of aromatic nitrogens is 3. The van der Waals surface area contributed by atoms with Gasteiger partial charge in [-0.3, -0.25) is 4.98 Å². The van der Waals surface area contributed by atoms with Gasteiger partial charge in [0.25, 0.3) is 0 Å². The van der Waals surface area contributed by atoms with Gasteiger partial charge in [0.2, 0.25) is 0 Å². The van der Waals surface area contributed by atoms with Gasteiger partial charge in [-0.2, -0.15) is 13.2 Å². The number of carbonyl (C=O) groups excluding carboxylic acids is 1. The summed E-state index contributed by atoms with van der Waals surface area (Å²) in [7, 11) is 0. The zero-order chi connectivity index (χ0) is 22.4. The van der Waals surface area contributed by atoms with E-state index in [1.807, 2.05) is 20.8 Å². The van der Waals surface area contributed by atoms with Gasteiger partial charge in [-0.05, 0) is 39.7 Å². The zero-order valence-corrected chi connectivity index (χ0v) is 17.9. The zero-order valence-electron chi connectivity index (χ0n) is 17.9. The minimum atomic E-state index is -4.32. The van der Waals surface area contributed by atoms with Crippen molar-refractivity contribution < 1.29 is 22.7 Å². The minimum Gasteiger partial charge on any atom is -0.444 e. The van der Waals surface area contributed by atoms with Gasteiger partial charge in [0, 0.05) is 37.0 Å². The van der Waals surface area contributed by atoms with Crippen LogP contribution in [0.2, 0.25) is 0 Å². The molecule has 2 aliphatic heterocycles. The van der Waals surface area contributed by atoms with Crippen molar-refractivity contribution in [2.45, 2.75) is 51.8 Å². The molecule has 2 aliphatic rings. The molecule has 31 heavy (non-hydrogen) atoms. The van der Waals surface area contributed by atoms with Gasteiger partial charge in [-0.15, -0.1) is 0 Å². The molecular weight excluding hydrogens is 411 g/mol. The smallest absolute Gasteiger partial charge is 0.410 e. The minimum absolute atomic E-state index is 0.0445. The number of nitrogens with zero attached hydrogens (tertiary/aromatic N) is 5. The maximum absolute atomic E-state index is 12.8. The van der Waals surface area contributed by atoms with Crippen LogP contribution in [-0.4, -0.2) is 63.9 Å². The molecular formula is C21H26F3N5O2. The average molecular weight is 437 g/mol. The Kier molecular flexibility index (Phi) is 5.21. The lowest BCUT2D eigenvalue weighted by atomic mass is 9.72. The average Bonchev–Trinajstić information content (AvgIpc) is 2.63. The lowest BCUT2D eigenvalue weighted by Crippen LogP contribution is -2.61. The first-order chi connectivity index (χ1) is 14.4. The van der Waals surface area contributed by atoms with E-state index in [0.717, 1.165) is 25.9 Å². The van der Waals surface area contributed by atoms with Crippen molar-refractivity contribution in [2.24, 2.45) is 5.41 Å². The summed E-state index contributed by atoms with van der Waals surface area (Å²) >= 11 is 0. The summed E-state index contributed by atoms with van der Waals surface area (Å²) in [6, 6.07) is 1.44. The molecule has 4 heterocycles. The van der Waals surface area contributed by atoms with Gasteiger partial charge >= 0.3 is 12.3 Å². The summed E-state index contributed by atoms with van der Waals surface area (Å²) in [6.45, 7) is 8.31.